The number of hydrogen-bond acceptors (Lipinski definition) is 6. The zero-order chi connectivity index (χ0) is 19.6. The molecule has 2 rings (SSSR count). The summed E-state index contributed by atoms with van der Waals surface area (Å²) in [5, 5.41) is 21.0. The molecule has 8 nitrogen and oxygen atoms in total. The molecule has 0 radical (unpaired) electrons. The Bertz CT molecular complexity index is 672. The van der Waals surface area contributed by atoms with E-state index >= 15 is 0 Å². The third-order valence-electron chi connectivity index (χ3n) is 4.32. The number of carbonyl (C=O) groups excluding carboxylic acids is 1. The minimum Gasteiger partial charge on any atom is -0.481 e. The molecule has 2 aliphatic rings. The maximum absolute atomic E-state index is 12.0. The Kier molecular flexibility index (Phi) is 5.36. The molecule has 0 saturated heterocycles. The van der Waals surface area contributed by atoms with Gasteiger partial charge in [-0.1, -0.05) is 18.2 Å². The van der Waals surface area contributed by atoms with Crippen molar-refractivity contribution in [2.75, 3.05) is 6.61 Å². The van der Waals surface area contributed by atoms with Crippen LogP contribution in [0.15, 0.2) is 36.5 Å². The van der Waals surface area contributed by atoms with Gasteiger partial charge in [0.05, 0.1) is 5.92 Å². The van der Waals surface area contributed by atoms with Crippen LogP contribution in [-0.4, -0.2) is 45.3 Å². The first-order chi connectivity index (χ1) is 12.0. The average molecular weight is 365 g/mol. The van der Waals surface area contributed by atoms with Gasteiger partial charge < -0.3 is 14.6 Å². The number of carbonyl (C=O) groups is 2. The summed E-state index contributed by atoms with van der Waals surface area (Å²) in [6.07, 6.45) is 9.22. The summed E-state index contributed by atoms with van der Waals surface area (Å²) in [5.74, 6) is -2.65. The minimum absolute atomic E-state index is 0.295. The first-order valence-corrected chi connectivity index (χ1v) is 8.31. The first-order valence-electron chi connectivity index (χ1n) is 8.31. The number of esters is 1. The molecule has 0 aromatic heterocycles. The van der Waals surface area contributed by atoms with Crippen LogP contribution in [0.25, 0.3) is 0 Å². The number of rotatable bonds is 6. The molecule has 0 bridgehead atoms. The van der Waals surface area contributed by atoms with E-state index in [2.05, 4.69) is 0 Å². The fourth-order valence-electron chi connectivity index (χ4n) is 3.13. The topological polar surface area (TPSA) is 116 Å². The Labute approximate surface area is 151 Å². The van der Waals surface area contributed by atoms with E-state index in [-0.39, 0.29) is 0 Å². The van der Waals surface area contributed by atoms with Crippen LogP contribution < -0.4 is 0 Å². The van der Waals surface area contributed by atoms with Gasteiger partial charge in [0, 0.05) is 4.92 Å². The van der Waals surface area contributed by atoms with Gasteiger partial charge in [0.25, 0.3) is 5.54 Å². The maximum Gasteiger partial charge on any atom is 0.332 e. The third kappa shape index (κ3) is 3.85. The molecule has 1 unspecified atom stereocenters. The van der Waals surface area contributed by atoms with Crippen molar-refractivity contribution >= 4 is 11.9 Å². The van der Waals surface area contributed by atoms with E-state index in [1.807, 2.05) is 0 Å². The van der Waals surface area contributed by atoms with E-state index in [4.69, 9.17) is 14.6 Å². The minimum atomic E-state index is -1.78. The molecule has 142 valence electrons. The Morgan fingerprint density at radius 2 is 1.88 bits per heavy atom. The van der Waals surface area contributed by atoms with Gasteiger partial charge in [-0.25, -0.2) is 4.79 Å². The highest BCUT2D eigenvalue weighted by Crippen LogP contribution is 2.43. The van der Waals surface area contributed by atoms with Crippen LogP contribution in [0.3, 0.4) is 0 Å². The molecule has 0 aromatic rings. The van der Waals surface area contributed by atoms with Gasteiger partial charge >= 0.3 is 11.9 Å². The second-order valence-electron chi connectivity index (χ2n) is 7.37. The number of carboxylic acid groups (broad SMARTS) is 1. The molecule has 1 N–H and O–H groups in total. The lowest BCUT2D eigenvalue weighted by Crippen LogP contribution is -2.57. The number of nitrogens with zero attached hydrogens (tertiary/aromatic N) is 1. The molecular formula is C18H23NO7. The van der Waals surface area contributed by atoms with Gasteiger partial charge in [0.1, 0.15) is 12.2 Å². The van der Waals surface area contributed by atoms with Crippen LogP contribution >= 0.6 is 0 Å². The van der Waals surface area contributed by atoms with Gasteiger partial charge in [0.15, 0.2) is 5.60 Å². The Morgan fingerprint density at radius 1 is 1.27 bits per heavy atom. The molecule has 0 saturated carbocycles. The molecule has 0 amide bonds. The van der Waals surface area contributed by atoms with Crippen molar-refractivity contribution in [1.29, 1.82) is 0 Å². The number of aliphatic carboxylic acids is 1. The van der Waals surface area contributed by atoms with Crippen molar-refractivity contribution in [3.05, 3.63) is 46.6 Å². The summed E-state index contributed by atoms with van der Waals surface area (Å²) in [6.45, 7) is 4.70. The molecule has 0 heterocycles. The molecule has 2 aliphatic carbocycles. The summed E-state index contributed by atoms with van der Waals surface area (Å²) in [5.41, 5.74) is -3.86. The highest BCUT2D eigenvalue weighted by Gasteiger charge is 2.60. The van der Waals surface area contributed by atoms with Gasteiger partial charge in [-0.2, -0.15) is 0 Å². The molecular weight excluding hydrogens is 342 g/mol. The second-order valence-corrected chi connectivity index (χ2v) is 7.37. The summed E-state index contributed by atoms with van der Waals surface area (Å²) >= 11 is 0. The summed E-state index contributed by atoms with van der Waals surface area (Å²) in [6, 6.07) is 0. The van der Waals surface area contributed by atoms with Gasteiger partial charge in [-0.15, -0.1) is 0 Å². The summed E-state index contributed by atoms with van der Waals surface area (Å²) in [4.78, 5) is 34.5. The van der Waals surface area contributed by atoms with Crippen LogP contribution in [-0.2, 0) is 19.1 Å². The van der Waals surface area contributed by atoms with Crippen LogP contribution in [0, 0.1) is 16.0 Å². The molecule has 0 fully saturated rings. The third-order valence-corrected chi connectivity index (χ3v) is 4.32. The van der Waals surface area contributed by atoms with Crippen LogP contribution in [0.5, 0.6) is 0 Å². The van der Waals surface area contributed by atoms with Crippen molar-refractivity contribution in [2.45, 2.75) is 50.4 Å². The quantitative estimate of drug-likeness (QED) is 0.332. The fourth-order valence-corrected chi connectivity index (χ4v) is 3.13. The predicted molar refractivity (Wildman–Crippen MR) is 92.0 cm³/mol. The number of nitro groups is 1. The standard InChI is InChI=1S/C18H23NO7/c1-16(2,3)26-14(20)12-25-18(8-4-5-9-18)17(19(23)24)10-6-13(7-11-17)15(21)22/h4,6-8,10-11,13H,5,9,12H2,1-3H3,(H,21,22)/t13-,17-,18?. The smallest absolute Gasteiger partial charge is 0.332 e. The Hall–Kier alpha value is -2.48. The van der Waals surface area contributed by atoms with Crippen molar-refractivity contribution in [3.63, 3.8) is 0 Å². The monoisotopic (exact) mass is 365 g/mol. The zero-order valence-corrected chi connectivity index (χ0v) is 15.0. The van der Waals surface area contributed by atoms with Crippen LogP contribution in [0.2, 0.25) is 0 Å². The normalized spacial score (nSPS) is 30.3. The summed E-state index contributed by atoms with van der Waals surface area (Å²) in [7, 11) is 0. The molecule has 0 aliphatic heterocycles. The number of hydrogen-bond donors (Lipinski definition) is 1. The highest BCUT2D eigenvalue weighted by atomic mass is 16.6. The van der Waals surface area contributed by atoms with E-state index in [9.17, 15) is 19.7 Å². The van der Waals surface area contributed by atoms with Gasteiger partial charge in [0.2, 0.25) is 0 Å². The second kappa shape index (κ2) is 7.03. The van der Waals surface area contributed by atoms with E-state index < -0.39 is 46.1 Å². The van der Waals surface area contributed by atoms with Crippen molar-refractivity contribution < 1.29 is 29.1 Å². The SMILES string of the molecule is CC(C)(C)OC(=O)COC1([C@]2([N+](=O)[O-])C=C[C@H](C(=O)O)C=C2)C=CCC1. The first kappa shape index (κ1) is 19.8. The van der Waals surface area contributed by atoms with Crippen LogP contribution in [0.1, 0.15) is 33.6 Å². The fraction of sp³-hybridized carbons (Fsp3) is 0.556. The molecule has 0 aromatic carbocycles. The lowest BCUT2D eigenvalue weighted by molar-refractivity contribution is -0.562. The van der Waals surface area contributed by atoms with E-state index in [1.165, 1.54) is 24.3 Å². The largest absolute Gasteiger partial charge is 0.481 e. The van der Waals surface area contributed by atoms with Crippen molar-refractivity contribution in [3.8, 4) is 0 Å². The van der Waals surface area contributed by atoms with E-state index in [1.54, 1.807) is 32.9 Å². The van der Waals surface area contributed by atoms with E-state index in [0.717, 1.165) is 0 Å². The summed E-state index contributed by atoms with van der Waals surface area (Å²) < 4.78 is 10.9. The van der Waals surface area contributed by atoms with E-state index in [0.29, 0.717) is 12.8 Å². The van der Waals surface area contributed by atoms with Gasteiger partial charge in [-0.05, 0) is 51.8 Å². The lowest BCUT2D eigenvalue weighted by atomic mass is 9.75. The molecule has 26 heavy (non-hydrogen) atoms. The average Bonchev–Trinajstić information content (AvgIpc) is 3.01. The van der Waals surface area contributed by atoms with Crippen LogP contribution in [0.4, 0.5) is 0 Å². The Balaban J connectivity index is 2.29. The van der Waals surface area contributed by atoms with Gasteiger partial charge in [-0.3, -0.25) is 14.9 Å². The van der Waals surface area contributed by atoms with Crippen molar-refractivity contribution in [1.82, 2.24) is 0 Å². The highest BCUT2D eigenvalue weighted by molar-refractivity contribution is 5.75. The predicted octanol–water partition coefficient (Wildman–Crippen LogP) is 2.28. The molecule has 0 spiro atoms. The maximum atomic E-state index is 12.0. The molecule has 8 heteroatoms. The number of ether oxygens (including phenoxy) is 2. The number of allylic oxidation sites excluding steroid dienone is 1. The molecule has 1 atom stereocenters. The number of carboxylic acids is 1. The van der Waals surface area contributed by atoms with Crippen molar-refractivity contribution in [2.24, 2.45) is 5.92 Å². The lowest BCUT2D eigenvalue weighted by Gasteiger charge is -2.38. The Morgan fingerprint density at radius 3 is 2.31 bits per heavy atom. The zero-order valence-electron chi connectivity index (χ0n) is 15.0.